The molecule has 1 saturated heterocycles. The van der Waals surface area contributed by atoms with Gasteiger partial charge in [0.05, 0.1) is 5.92 Å². The maximum absolute atomic E-state index is 11.7. The average molecular weight is 324 g/mol. The molecule has 4 heteroatoms. The maximum atomic E-state index is 11.7. The summed E-state index contributed by atoms with van der Waals surface area (Å²) >= 11 is 0. The number of H-pyrrole nitrogens is 1. The van der Waals surface area contributed by atoms with Crippen LogP contribution in [-0.2, 0) is 11.2 Å². The normalized spacial score (nSPS) is 29.6. The minimum atomic E-state index is -0.627. The molecule has 3 atom stereocenters. The molecule has 24 heavy (non-hydrogen) atoms. The van der Waals surface area contributed by atoms with Gasteiger partial charge in [0.2, 0.25) is 0 Å². The molecule has 2 N–H and O–H groups in total. The van der Waals surface area contributed by atoms with E-state index in [0.29, 0.717) is 12.0 Å². The van der Waals surface area contributed by atoms with E-state index in [2.05, 4.69) is 35.0 Å². The number of fused-ring (bicyclic) bond motifs is 2. The van der Waals surface area contributed by atoms with Gasteiger partial charge in [-0.1, -0.05) is 12.1 Å². The van der Waals surface area contributed by atoms with Crippen LogP contribution in [0.2, 0.25) is 0 Å². The summed E-state index contributed by atoms with van der Waals surface area (Å²) < 4.78 is 0. The van der Waals surface area contributed by atoms with Gasteiger partial charge in [-0.2, -0.15) is 0 Å². The van der Waals surface area contributed by atoms with Gasteiger partial charge in [0.15, 0.2) is 0 Å². The number of aliphatic carboxylic acids is 1. The van der Waals surface area contributed by atoms with Crippen LogP contribution in [0.1, 0.15) is 42.0 Å². The fourth-order valence-electron chi connectivity index (χ4n) is 5.09. The third-order valence-corrected chi connectivity index (χ3v) is 6.45. The quantitative estimate of drug-likeness (QED) is 0.911. The minimum absolute atomic E-state index is 0.234. The summed E-state index contributed by atoms with van der Waals surface area (Å²) in [5, 5.41) is 11.0. The molecule has 3 aliphatic rings. The second-order valence-electron chi connectivity index (χ2n) is 8.04. The van der Waals surface area contributed by atoms with E-state index in [4.69, 9.17) is 0 Å². The summed E-state index contributed by atoms with van der Waals surface area (Å²) in [6.45, 7) is 3.98. The average Bonchev–Trinajstić information content (AvgIpc) is 3.32. The summed E-state index contributed by atoms with van der Waals surface area (Å²) in [4.78, 5) is 17.8. The molecule has 1 aromatic carbocycles. The Morgan fingerprint density at radius 3 is 2.96 bits per heavy atom. The van der Waals surface area contributed by atoms with E-state index in [1.54, 1.807) is 0 Å². The molecule has 4 nitrogen and oxygen atoms in total. The number of hydrogen-bond acceptors (Lipinski definition) is 2. The summed E-state index contributed by atoms with van der Waals surface area (Å²) in [5.41, 5.74) is 5.32. The number of rotatable bonds is 3. The molecule has 1 aliphatic heterocycles. The highest BCUT2D eigenvalue weighted by atomic mass is 16.4. The molecule has 0 spiro atoms. The van der Waals surface area contributed by atoms with Crippen molar-refractivity contribution in [3.8, 4) is 0 Å². The van der Waals surface area contributed by atoms with E-state index < -0.39 is 5.97 Å². The number of likely N-dealkylation sites (tertiary alicyclic amines) is 1. The standard InChI is InChI=1S/C20H24N2O2/c1-11-15-8-18-16(14-3-2-4-17(21-11)19(14)15)7-13(20(23)24)10-22(18)9-12-5-6-12/h2-4,12-13,16,18,21H,5-10H2,1H3,(H,23,24)/t13-,16-,18-/m1/s1. The van der Waals surface area contributed by atoms with Gasteiger partial charge < -0.3 is 10.1 Å². The summed E-state index contributed by atoms with van der Waals surface area (Å²) in [6.07, 6.45) is 4.47. The van der Waals surface area contributed by atoms with Crippen LogP contribution < -0.4 is 0 Å². The van der Waals surface area contributed by atoms with Gasteiger partial charge in [0.25, 0.3) is 0 Å². The number of aryl methyl sites for hydroxylation is 1. The van der Waals surface area contributed by atoms with Crippen LogP contribution in [0, 0.1) is 18.8 Å². The Bertz CT molecular complexity index is 820. The Hall–Kier alpha value is -1.81. The topological polar surface area (TPSA) is 56.3 Å². The van der Waals surface area contributed by atoms with Crippen LogP contribution in [0.25, 0.3) is 10.9 Å². The predicted octanol–water partition coefficient (Wildman–Crippen LogP) is 3.30. The first kappa shape index (κ1) is 14.5. The first-order valence-electron chi connectivity index (χ1n) is 9.18. The molecule has 5 rings (SSSR count). The fraction of sp³-hybridized carbons (Fsp3) is 0.550. The van der Waals surface area contributed by atoms with Crippen molar-refractivity contribution in [1.29, 1.82) is 0 Å². The van der Waals surface area contributed by atoms with Crippen molar-refractivity contribution in [3.63, 3.8) is 0 Å². The first-order valence-corrected chi connectivity index (χ1v) is 9.18. The zero-order valence-corrected chi connectivity index (χ0v) is 14.1. The Balaban J connectivity index is 1.61. The van der Waals surface area contributed by atoms with Gasteiger partial charge in [-0.05, 0) is 55.7 Å². The van der Waals surface area contributed by atoms with E-state index in [0.717, 1.165) is 31.8 Å². The number of carboxylic acids is 1. The summed E-state index contributed by atoms with van der Waals surface area (Å²) in [6, 6.07) is 6.97. The number of nitrogens with one attached hydrogen (secondary N) is 1. The van der Waals surface area contributed by atoms with E-state index in [9.17, 15) is 9.90 Å². The predicted molar refractivity (Wildman–Crippen MR) is 93.3 cm³/mol. The number of aromatic nitrogens is 1. The van der Waals surface area contributed by atoms with Crippen molar-refractivity contribution < 1.29 is 9.90 Å². The Morgan fingerprint density at radius 1 is 1.38 bits per heavy atom. The van der Waals surface area contributed by atoms with Crippen molar-refractivity contribution in [2.75, 3.05) is 13.1 Å². The van der Waals surface area contributed by atoms with Crippen molar-refractivity contribution >= 4 is 16.9 Å². The van der Waals surface area contributed by atoms with Gasteiger partial charge >= 0.3 is 5.97 Å². The van der Waals surface area contributed by atoms with Gasteiger partial charge in [-0.25, -0.2) is 0 Å². The molecule has 1 saturated carbocycles. The van der Waals surface area contributed by atoms with Crippen LogP contribution in [0.5, 0.6) is 0 Å². The highest BCUT2D eigenvalue weighted by Crippen LogP contribution is 2.46. The van der Waals surface area contributed by atoms with Crippen LogP contribution in [0.3, 0.4) is 0 Å². The lowest BCUT2D eigenvalue weighted by molar-refractivity contribution is -0.144. The van der Waals surface area contributed by atoms with E-state index >= 15 is 0 Å². The number of nitrogens with zero attached hydrogens (tertiary/aromatic N) is 1. The SMILES string of the molecule is Cc1[nH]c2cccc3c2c1C[C@@H]1[C@@H]3C[C@@H](C(=O)O)CN1CC1CC1. The molecule has 0 bridgehead atoms. The van der Waals surface area contributed by atoms with E-state index in [1.165, 1.54) is 40.6 Å². The number of carbonyl (C=O) groups is 1. The van der Waals surface area contributed by atoms with Crippen molar-refractivity contribution in [2.45, 2.75) is 44.6 Å². The van der Waals surface area contributed by atoms with Crippen LogP contribution in [-0.4, -0.2) is 40.1 Å². The number of hydrogen-bond donors (Lipinski definition) is 2. The molecule has 0 amide bonds. The second-order valence-corrected chi connectivity index (χ2v) is 8.04. The molecular formula is C20H24N2O2. The lowest BCUT2D eigenvalue weighted by atomic mass is 9.72. The summed E-state index contributed by atoms with van der Waals surface area (Å²) in [5.74, 6) is 0.284. The third-order valence-electron chi connectivity index (χ3n) is 6.45. The third kappa shape index (κ3) is 2.12. The molecule has 2 aliphatic carbocycles. The molecule has 1 aromatic heterocycles. The van der Waals surface area contributed by atoms with Crippen molar-refractivity contribution in [2.24, 2.45) is 11.8 Å². The second kappa shape index (κ2) is 5.09. The number of piperidine rings is 1. The highest BCUT2D eigenvalue weighted by molar-refractivity contribution is 5.89. The first-order chi connectivity index (χ1) is 11.6. The fourth-order valence-corrected chi connectivity index (χ4v) is 5.09. The Labute approximate surface area is 141 Å². The van der Waals surface area contributed by atoms with Crippen molar-refractivity contribution in [3.05, 3.63) is 35.0 Å². The zero-order valence-electron chi connectivity index (χ0n) is 14.1. The van der Waals surface area contributed by atoms with Gasteiger partial charge in [0, 0.05) is 41.6 Å². The van der Waals surface area contributed by atoms with E-state index in [1.807, 2.05) is 0 Å². The monoisotopic (exact) mass is 324 g/mol. The molecule has 0 unspecified atom stereocenters. The summed E-state index contributed by atoms with van der Waals surface area (Å²) in [7, 11) is 0. The highest BCUT2D eigenvalue weighted by Gasteiger charge is 2.44. The minimum Gasteiger partial charge on any atom is -0.481 e. The molecule has 0 radical (unpaired) electrons. The molecule has 2 fully saturated rings. The van der Waals surface area contributed by atoms with E-state index in [-0.39, 0.29) is 5.92 Å². The van der Waals surface area contributed by atoms with Crippen LogP contribution in [0.15, 0.2) is 18.2 Å². The van der Waals surface area contributed by atoms with Crippen LogP contribution >= 0.6 is 0 Å². The number of carboxylic acid groups (broad SMARTS) is 1. The maximum Gasteiger partial charge on any atom is 0.307 e. The number of benzene rings is 1. The largest absolute Gasteiger partial charge is 0.481 e. The van der Waals surface area contributed by atoms with Crippen LogP contribution in [0.4, 0.5) is 0 Å². The molecule has 2 heterocycles. The molecule has 126 valence electrons. The Morgan fingerprint density at radius 2 is 2.21 bits per heavy atom. The van der Waals surface area contributed by atoms with Gasteiger partial charge in [-0.3, -0.25) is 9.69 Å². The van der Waals surface area contributed by atoms with Gasteiger partial charge in [0.1, 0.15) is 0 Å². The Kier molecular flexibility index (Phi) is 3.08. The molecular weight excluding hydrogens is 300 g/mol. The lowest BCUT2D eigenvalue weighted by Gasteiger charge is -2.46. The molecule has 2 aromatic rings. The van der Waals surface area contributed by atoms with Gasteiger partial charge in [-0.15, -0.1) is 0 Å². The number of aromatic amines is 1. The zero-order chi connectivity index (χ0) is 16.4. The smallest absolute Gasteiger partial charge is 0.307 e. The lowest BCUT2D eigenvalue weighted by Crippen LogP contribution is -2.52. The van der Waals surface area contributed by atoms with Crippen molar-refractivity contribution in [1.82, 2.24) is 9.88 Å².